The van der Waals surface area contributed by atoms with E-state index in [-0.39, 0.29) is 118 Å². The molecule has 0 fully saturated rings. The van der Waals surface area contributed by atoms with Crippen LogP contribution in [0.2, 0.25) is 0 Å². The van der Waals surface area contributed by atoms with Crippen LogP contribution in [-0.2, 0) is 67.0 Å². The number of ether oxygens (including phenoxy) is 2. The fraction of sp³-hybridized carbons (Fsp3) is 0.541. The molecule has 0 saturated heterocycles. The number of terminal acetylenes is 5. The Hall–Kier alpha value is -9.98. The second kappa shape index (κ2) is 48.2. The van der Waals surface area contributed by atoms with Gasteiger partial charge in [-0.15, -0.1) is 32.1 Å². The highest BCUT2D eigenvalue weighted by atomic mass is 16.6. The molecular weight excluding hydrogens is 1160 g/mol. The van der Waals surface area contributed by atoms with Gasteiger partial charge in [0.15, 0.2) is 0 Å². The van der Waals surface area contributed by atoms with E-state index in [1.54, 1.807) is 48.5 Å². The molecule has 2 heterocycles. The number of alkyl carbamates (subject to hydrolysis) is 2. The summed E-state index contributed by atoms with van der Waals surface area (Å²) in [4.78, 5) is 162. The number of carbonyl (C=O) groups is 14. The number of carboxylic acid groups (broad SMARTS) is 2. The lowest BCUT2D eigenvalue weighted by Gasteiger charge is -2.23. The first kappa shape index (κ1) is 83.2. The topological polar surface area (TPSA) is 415 Å². The minimum absolute atomic E-state index is 0.0112. The number of ketones is 1. The number of nitrogens with two attached hydrogens (primary N) is 1. The van der Waals surface area contributed by atoms with Crippen LogP contribution in [0.1, 0.15) is 138 Å². The van der Waals surface area contributed by atoms with Crippen LogP contribution in [0.3, 0.4) is 0 Å². The zero-order valence-corrected chi connectivity index (χ0v) is 51.7. The summed E-state index contributed by atoms with van der Waals surface area (Å²) >= 11 is 0. The van der Waals surface area contributed by atoms with Crippen LogP contribution < -0.4 is 43.0 Å². The molecule has 0 spiro atoms. The fourth-order valence-corrected chi connectivity index (χ4v) is 6.63. The van der Waals surface area contributed by atoms with Gasteiger partial charge >= 0.3 is 24.1 Å². The first-order valence-corrected chi connectivity index (χ1v) is 28.0. The van der Waals surface area contributed by atoms with Gasteiger partial charge in [-0.25, -0.2) is 14.4 Å². The second-order valence-electron chi connectivity index (χ2n) is 20.7. The maximum atomic E-state index is 12.2. The van der Waals surface area contributed by atoms with E-state index in [0.717, 1.165) is 24.2 Å². The lowest BCUT2D eigenvalue weighted by atomic mass is 10.1. The normalized spacial score (nSPS) is 12.6. The molecule has 0 aromatic rings. The summed E-state index contributed by atoms with van der Waals surface area (Å²) in [5, 5.41) is 34.3. The van der Waals surface area contributed by atoms with Gasteiger partial charge in [0.2, 0.25) is 29.5 Å². The van der Waals surface area contributed by atoms with Crippen LogP contribution in [0.5, 0.6) is 0 Å². The third-order valence-electron chi connectivity index (χ3n) is 10.7. The largest absolute Gasteiger partial charge is 0.481 e. The highest BCUT2D eigenvalue weighted by molar-refractivity contribution is 6.13. The molecule has 0 aliphatic carbocycles. The van der Waals surface area contributed by atoms with Crippen molar-refractivity contribution in [3.05, 3.63) is 24.3 Å². The summed E-state index contributed by atoms with van der Waals surface area (Å²) < 4.78 is 9.96. The van der Waals surface area contributed by atoms with Crippen LogP contribution in [0.15, 0.2) is 24.3 Å². The van der Waals surface area contributed by atoms with E-state index in [4.69, 9.17) is 51.1 Å². The minimum Gasteiger partial charge on any atom is -0.481 e. The minimum atomic E-state index is -1.29. The molecule has 0 aromatic heterocycles. The molecule has 488 valence electrons. The molecule has 11 amide bonds. The molecule has 11 N–H and O–H groups in total. The Kier molecular flexibility index (Phi) is 45.0. The molecule has 2 rings (SSSR count). The van der Waals surface area contributed by atoms with Gasteiger partial charge in [-0.05, 0) is 93.4 Å². The summed E-state index contributed by atoms with van der Waals surface area (Å²) in [5.74, 6) is 6.01. The van der Waals surface area contributed by atoms with Gasteiger partial charge in [0, 0.05) is 69.5 Å². The number of aliphatic carboxylic acids is 2. The van der Waals surface area contributed by atoms with Gasteiger partial charge in [0.05, 0.1) is 32.7 Å². The number of Topliss-reactive ketones (excluding diaryl/α,β-unsaturated/α-hetero) is 1. The molecule has 0 radical (unpaired) electrons. The van der Waals surface area contributed by atoms with E-state index in [1.165, 1.54) is 29.2 Å². The molecule has 0 bridgehead atoms. The van der Waals surface area contributed by atoms with E-state index in [2.05, 4.69) is 73.2 Å². The lowest BCUT2D eigenvalue weighted by Crippen LogP contribution is -2.48. The Bertz CT molecular complexity index is 2650. The van der Waals surface area contributed by atoms with Crippen molar-refractivity contribution in [1.29, 1.82) is 0 Å². The number of amides is 11. The highest BCUT2D eigenvalue weighted by Crippen LogP contribution is 2.12. The zero-order chi connectivity index (χ0) is 68.5. The molecule has 2 aliphatic heterocycles. The van der Waals surface area contributed by atoms with Gasteiger partial charge in [-0.1, -0.05) is 42.4 Å². The smallest absolute Gasteiger partial charge is 0.408 e. The van der Waals surface area contributed by atoms with Crippen molar-refractivity contribution in [2.75, 3.05) is 45.8 Å². The van der Waals surface area contributed by atoms with Gasteiger partial charge in [-0.3, -0.25) is 57.7 Å². The van der Waals surface area contributed by atoms with Crippen LogP contribution >= 0.6 is 0 Å². The summed E-state index contributed by atoms with van der Waals surface area (Å²) in [6, 6.07) is -3.09. The van der Waals surface area contributed by atoms with Gasteiger partial charge in [-0.2, -0.15) is 0 Å². The summed E-state index contributed by atoms with van der Waals surface area (Å²) in [5.41, 5.74) is 3.36. The third kappa shape index (κ3) is 46.9. The average Bonchev–Trinajstić information content (AvgIpc) is 4.14. The molecular formula is C61H86N10O18. The van der Waals surface area contributed by atoms with Gasteiger partial charge in [0.25, 0.3) is 23.6 Å². The van der Waals surface area contributed by atoms with Crippen molar-refractivity contribution < 1.29 is 86.8 Å². The second-order valence-corrected chi connectivity index (χ2v) is 20.7. The van der Waals surface area contributed by atoms with Gasteiger partial charge < -0.3 is 67.4 Å². The summed E-state index contributed by atoms with van der Waals surface area (Å²) in [7, 11) is 0. The zero-order valence-electron chi connectivity index (χ0n) is 51.7. The summed E-state index contributed by atoms with van der Waals surface area (Å²) in [6.07, 6.45) is 33.0. The number of rotatable bonds is 31. The summed E-state index contributed by atoms with van der Waals surface area (Å²) in [6.45, 7) is 12.9. The lowest BCUT2D eigenvalue weighted by molar-refractivity contribution is -0.141. The number of nitrogens with zero attached hydrogens (tertiary/aromatic N) is 2. The van der Waals surface area contributed by atoms with E-state index in [0.29, 0.717) is 45.3 Å². The number of hydrogen-bond donors (Lipinski definition) is 10. The highest BCUT2D eigenvalue weighted by Gasteiger charge is 2.28. The van der Waals surface area contributed by atoms with Crippen molar-refractivity contribution in [3.8, 4) is 61.7 Å². The Morgan fingerprint density at radius 1 is 0.483 bits per heavy atom. The maximum absolute atomic E-state index is 12.2. The number of hydrogen-bond acceptors (Lipinski definition) is 17. The number of carboxylic acids is 2. The predicted octanol–water partition coefficient (Wildman–Crippen LogP) is 0.862. The van der Waals surface area contributed by atoms with Crippen molar-refractivity contribution >= 4 is 83.1 Å². The van der Waals surface area contributed by atoms with E-state index < -0.39 is 65.3 Å². The molecule has 89 heavy (non-hydrogen) atoms. The molecule has 3 atom stereocenters. The molecule has 28 nitrogen and oxygen atoms in total. The number of nitrogens with one attached hydrogen (secondary N) is 7. The molecule has 0 saturated carbocycles. The standard InChI is InChI=1S/C21H26N4O5.C16H23N3O4.C11H15NO3.C10H17NO6.C3H5N/c1-3-13-22-17(26)10-9-16(21(30)23-14-4-2)24-18(27)8-6-5-7-15-25-19(28)11-12-20(25)29;1-6-10-17-13(20)9-8-12(14(21)18-11-7-2)19-15(22)23-16(3,4)5;1-9(13)5-3-2-4-8-12-10(14)6-7-11(12)15;1-10(2,3)17-9(16)11-6(8(14)15)4-5-7(12)13;1-2-3-4/h1-2,11-12,16H,5-10,13-15H2,(H,22,26)(H,23,30)(H,24,27);1-2,12H,8-11H2,3-5H3,(H,17,20)(H,18,21)(H,19,22);6-7H,2-5,8H2,1H3;6H,4-5H2,1-3H3,(H,11,16)(H,12,13)(H,14,15);1H,3-4H2/t16-;12-;;6-;/m00.0./s1. The van der Waals surface area contributed by atoms with Crippen LogP contribution in [0, 0.1) is 61.7 Å². The number of carbonyl (C=O) groups excluding carboxylic acids is 12. The van der Waals surface area contributed by atoms with Crippen molar-refractivity contribution in [1.82, 2.24) is 47.0 Å². The van der Waals surface area contributed by atoms with Gasteiger partial charge in [0.1, 0.15) is 35.1 Å². The van der Waals surface area contributed by atoms with E-state index in [9.17, 15) is 67.1 Å². The van der Waals surface area contributed by atoms with Crippen molar-refractivity contribution in [2.45, 2.75) is 168 Å². The Morgan fingerprint density at radius 2 is 0.820 bits per heavy atom. The predicted molar refractivity (Wildman–Crippen MR) is 326 cm³/mol. The molecule has 0 unspecified atom stereocenters. The van der Waals surface area contributed by atoms with Crippen molar-refractivity contribution in [3.63, 3.8) is 0 Å². The number of unbranched alkanes of at least 4 members (excludes halogenated alkanes) is 4. The third-order valence-corrected chi connectivity index (χ3v) is 10.7. The molecule has 28 heteroatoms. The molecule has 2 aliphatic rings. The first-order chi connectivity index (χ1) is 41.7. The SMILES string of the molecule is C#CCN.C#CCNC(=O)CC[C@H](NC(=O)CCCCCN1C(=O)C=CC1=O)C(=O)NCC#C.C#CCNC(=O)CC[C@H](NC(=O)OC(C)(C)C)C(=O)NCC#C.CC(=O)CCCCCN1C(=O)C=CC1=O.CC(C)(C)OC(=O)N[C@@H](CCC(=O)O)C(=O)O. The first-order valence-electron chi connectivity index (χ1n) is 28.0. The monoisotopic (exact) mass is 1250 g/mol. The quantitative estimate of drug-likeness (QED) is 0.0261. The Balaban J connectivity index is -0.00000112. The van der Waals surface area contributed by atoms with Crippen LogP contribution in [-0.4, -0.2) is 178 Å². The van der Waals surface area contributed by atoms with E-state index >= 15 is 0 Å². The number of imide groups is 2. The average molecular weight is 1250 g/mol. The van der Waals surface area contributed by atoms with Crippen LogP contribution in [0.4, 0.5) is 9.59 Å². The maximum Gasteiger partial charge on any atom is 0.408 e. The Labute approximate surface area is 520 Å². The fourth-order valence-electron chi connectivity index (χ4n) is 6.63. The van der Waals surface area contributed by atoms with E-state index in [1.807, 2.05) is 0 Å². The Morgan fingerprint density at radius 3 is 1.15 bits per heavy atom. The van der Waals surface area contributed by atoms with Crippen LogP contribution in [0.25, 0.3) is 0 Å². The molecule has 0 aromatic carbocycles. The van der Waals surface area contributed by atoms with Crippen molar-refractivity contribution in [2.24, 2.45) is 5.73 Å².